The molecule has 1 aliphatic rings. The second-order valence-electron chi connectivity index (χ2n) is 11.3. The van der Waals surface area contributed by atoms with Gasteiger partial charge in [0.1, 0.15) is 24.1 Å². The van der Waals surface area contributed by atoms with Crippen molar-refractivity contribution in [2.24, 2.45) is 0 Å². The molecule has 260 valence electrons. The molecule has 4 rings (SSSR count). The van der Waals surface area contributed by atoms with E-state index in [0.717, 1.165) is 36.4 Å². The molecule has 1 N–H and O–H groups in total. The molecule has 1 unspecified atom stereocenters. The highest BCUT2D eigenvalue weighted by molar-refractivity contribution is 7.92. The van der Waals surface area contributed by atoms with E-state index in [1.165, 1.54) is 57.6 Å². The largest absolute Gasteiger partial charge is 0.497 e. The van der Waals surface area contributed by atoms with E-state index in [-0.39, 0.29) is 40.6 Å². The Labute approximate surface area is 292 Å². The number of hydrogen-bond donors (Lipinski definition) is 1. The second-order valence-corrected chi connectivity index (χ2v) is 14.0. The van der Waals surface area contributed by atoms with Crippen molar-refractivity contribution in [3.8, 4) is 23.0 Å². The van der Waals surface area contributed by atoms with Gasteiger partial charge in [-0.1, -0.05) is 48.5 Å². The fourth-order valence-corrected chi connectivity index (χ4v) is 7.49. The molecule has 3 aromatic carbocycles. The van der Waals surface area contributed by atoms with Gasteiger partial charge in [-0.15, -0.1) is 0 Å². The predicted octanol–water partition coefficient (Wildman–Crippen LogP) is 6.09. The summed E-state index contributed by atoms with van der Waals surface area (Å²) >= 11 is 12.7. The number of ether oxygens (including phenoxy) is 4. The summed E-state index contributed by atoms with van der Waals surface area (Å²) in [5.41, 5.74) is 0.573. The summed E-state index contributed by atoms with van der Waals surface area (Å²) in [5.74, 6) is -0.0232. The van der Waals surface area contributed by atoms with E-state index in [1.807, 2.05) is 0 Å². The summed E-state index contributed by atoms with van der Waals surface area (Å²) in [7, 11) is 1.17. The Hall–Kier alpha value is -3.87. The first kappa shape index (κ1) is 37.0. The molecule has 0 heterocycles. The highest BCUT2D eigenvalue weighted by atomic mass is 35.5. The van der Waals surface area contributed by atoms with Gasteiger partial charge < -0.3 is 29.2 Å². The number of amides is 2. The van der Waals surface area contributed by atoms with E-state index in [1.54, 1.807) is 37.3 Å². The van der Waals surface area contributed by atoms with Crippen LogP contribution >= 0.6 is 23.2 Å². The SMILES string of the molecule is COc1ccc(OC)c(N(CC(=O)N(Cc2ccc(Cl)cc2Cl)C(C)C(=O)NC2CCCCC2)S(=O)(=O)c2ccc(OC)c(OC)c2)c1. The zero-order chi connectivity index (χ0) is 35.0. The first-order chi connectivity index (χ1) is 22.9. The Morgan fingerprint density at radius 2 is 1.52 bits per heavy atom. The van der Waals surface area contributed by atoms with Crippen LogP contribution in [-0.2, 0) is 26.2 Å². The molecule has 0 bridgehead atoms. The van der Waals surface area contributed by atoms with Gasteiger partial charge in [-0.05, 0) is 61.7 Å². The minimum Gasteiger partial charge on any atom is -0.497 e. The number of halogens is 2. The number of methoxy groups -OCH3 is 4. The minimum absolute atomic E-state index is 0.00672. The number of carbonyl (C=O) groups excluding carboxylic acids is 2. The lowest BCUT2D eigenvalue weighted by atomic mass is 9.95. The van der Waals surface area contributed by atoms with Crippen LogP contribution in [0.4, 0.5) is 5.69 Å². The molecule has 14 heteroatoms. The van der Waals surface area contributed by atoms with Crippen molar-refractivity contribution in [3.63, 3.8) is 0 Å². The number of sulfonamides is 1. The highest BCUT2D eigenvalue weighted by Crippen LogP contribution is 2.38. The molecular formula is C34H41Cl2N3O8S. The van der Waals surface area contributed by atoms with Gasteiger partial charge in [-0.3, -0.25) is 13.9 Å². The Morgan fingerprint density at radius 1 is 0.854 bits per heavy atom. The van der Waals surface area contributed by atoms with Crippen LogP contribution in [0.1, 0.15) is 44.6 Å². The molecule has 11 nitrogen and oxygen atoms in total. The second kappa shape index (κ2) is 16.5. The molecule has 48 heavy (non-hydrogen) atoms. The van der Waals surface area contributed by atoms with Crippen molar-refractivity contribution in [1.29, 1.82) is 0 Å². The molecule has 1 aliphatic carbocycles. The van der Waals surface area contributed by atoms with Crippen LogP contribution in [0, 0.1) is 0 Å². The van der Waals surface area contributed by atoms with Crippen molar-refractivity contribution in [1.82, 2.24) is 10.2 Å². The maximum absolute atomic E-state index is 14.5. The number of hydrogen-bond acceptors (Lipinski definition) is 8. The van der Waals surface area contributed by atoms with Gasteiger partial charge in [0.15, 0.2) is 11.5 Å². The maximum atomic E-state index is 14.5. The van der Waals surface area contributed by atoms with Gasteiger partial charge >= 0.3 is 0 Å². The van der Waals surface area contributed by atoms with Gasteiger partial charge in [0, 0.05) is 34.8 Å². The molecular weight excluding hydrogens is 681 g/mol. The standard InChI is InChI=1S/C34H41Cl2N3O8S/c1-22(34(41)37-25-9-7-6-8-10-25)38(20-23-11-12-24(35)17-28(23)36)33(40)21-39(29-18-26(44-2)13-15-30(29)45-3)48(42,43)27-14-16-31(46-4)32(19-27)47-5/h11-19,22,25H,6-10,20-21H2,1-5H3,(H,37,41). The lowest BCUT2D eigenvalue weighted by Gasteiger charge is -2.33. The number of nitrogens with zero attached hydrogens (tertiary/aromatic N) is 2. The Morgan fingerprint density at radius 3 is 2.15 bits per heavy atom. The van der Waals surface area contributed by atoms with Gasteiger partial charge in [0.05, 0.1) is 39.0 Å². The summed E-state index contributed by atoms with van der Waals surface area (Å²) < 4.78 is 51.5. The Kier molecular flexibility index (Phi) is 12.7. The molecule has 2 amide bonds. The number of anilines is 1. The van der Waals surface area contributed by atoms with Crippen molar-refractivity contribution < 1.29 is 37.0 Å². The van der Waals surface area contributed by atoms with Crippen LogP contribution in [-0.4, -0.2) is 72.2 Å². The van der Waals surface area contributed by atoms with Crippen LogP contribution in [0.5, 0.6) is 23.0 Å². The van der Waals surface area contributed by atoms with Crippen molar-refractivity contribution >= 4 is 50.7 Å². The number of carbonyl (C=O) groups is 2. The van der Waals surface area contributed by atoms with Crippen LogP contribution in [0.2, 0.25) is 10.0 Å². The van der Waals surface area contributed by atoms with E-state index in [9.17, 15) is 18.0 Å². The molecule has 0 aliphatic heterocycles. The van der Waals surface area contributed by atoms with Crippen molar-refractivity contribution in [2.75, 3.05) is 39.3 Å². The number of nitrogens with one attached hydrogen (secondary N) is 1. The van der Waals surface area contributed by atoms with Crippen molar-refractivity contribution in [3.05, 3.63) is 70.2 Å². The van der Waals surface area contributed by atoms with Crippen LogP contribution in [0.15, 0.2) is 59.5 Å². The summed E-state index contributed by atoms with van der Waals surface area (Å²) in [6.07, 6.45) is 4.83. The van der Waals surface area contributed by atoms with Gasteiger partial charge in [0.25, 0.3) is 10.0 Å². The topological polar surface area (TPSA) is 124 Å². The number of rotatable bonds is 14. The normalized spacial score (nSPS) is 14.1. The Balaban J connectivity index is 1.80. The average Bonchev–Trinajstić information content (AvgIpc) is 3.09. The summed E-state index contributed by atoms with van der Waals surface area (Å²) in [6.45, 7) is 0.819. The monoisotopic (exact) mass is 721 g/mol. The van der Waals surface area contributed by atoms with E-state index >= 15 is 0 Å². The smallest absolute Gasteiger partial charge is 0.265 e. The van der Waals surface area contributed by atoms with Gasteiger partial charge in [-0.2, -0.15) is 0 Å². The van der Waals surface area contributed by atoms with E-state index in [4.69, 9.17) is 42.1 Å². The molecule has 0 radical (unpaired) electrons. The summed E-state index contributed by atoms with van der Waals surface area (Å²) in [4.78, 5) is 29.2. The quantitative estimate of drug-likeness (QED) is 0.212. The van der Waals surface area contributed by atoms with Crippen molar-refractivity contribution in [2.45, 2.75) is 62.6 Å². The maximum Gasteiger partial charge on any atom is 0.265 e. The van der Waals surface area contributed by atoms with Crippen LogP contribution < -0.4 is 28.6 Å². The lowest BCUT2D eigenvalue weighted by Crippen LogP contribution is -2.53. The molecule has 0 spiro atoms. The summed E-state index contributed by atoms with van der Waals surface area (Å²) in [5, 5.41) is 3.78. The highest BCUT2D eigenvalue weighted by Gasteiger charge is 2.35. The van der Waals surface area contributed by atoms with Gasteiger partial charge in [-0.25, -0.2) is 8.42 Å². The summed E-state index contributed by atoms with van der Waals surface area (Å²) in [6, 6.07) is 12.6. The Bertz CT molecular complexity index is 1720. The molecule has 3 aromatic rings. The first-order valence-electron chi connectivity index (χ1n) is 15.4. The molecule has 1 fully saturated rings. The van der Waals surface area contributed by atoms with Crippen LogP contribution in [0.25, 0.3) is 0 Å². The molecule has 0 aromatic heterocycles. The third kappa shape index (κ3) is 8.58. The number of benzene rings is 3. The van der Waals surface area contributed by atoms with E-state index in [0.29, 0.717) is 27.1 Å². The fraction of sp³-hybridized carbons (Fsp3) is 0.412. The fourth-order valence-electron chi connectivity index (χ4n) is 5.59. The zero-order valence-electron chi connectivity index (χ0n) is 27.6. The van der Waals surface area contributed by atoms with E-state index in [2.05, 4.69) is 5.32 Å². The zero-order valence-corrected chi connectivity index (χ0v) is 30.0. The molecule has 1 saturated carbocycles. The third-order valence-corrected chi connectivity index (χ3v) is 10.7. The van der Waals surface area contributed by atoms with Crippen LogP contribution in [0.3, 0.4) is 0 Å². The van der Waals surface area contributed by atoms with E-state index < -0.39 is 28.5 Å². The van der Waals surface area contributed by atoms with Gasteiger partial charge in [0.2, 0.25) is 11.8 Å². The predicted molar refractivity (Wildman–Crippen MR) is 185 cm³/mol. The minimum atomic E-state index is -4.48. The molecule has 0 saturated heterocycles. The average molecular weight is 723 g/mol. The lowest BCUT2D eigenvalue weighted by molar-refractivity contribution is -0.139. The first-order valence-corrected chi connectivity index (χ1v) is 17.6. The molecule has 1 atom stereocenters. The third-order valence-electron chi connectivity index (χ3n) is 8.35.